The smallest absolute Gasteiger partial charge is 0.280 e. The number of oxime groups is 1. The van der Waals surface area contributed by atoms with E-state index in [-0.39, 0.29) is 23.0 Å². The van der Waals surface area contributed by atoms with Crippen LogP contribution in [-0.4, -0.2) is 91.6 Å². The Morgan fingerprint density at radius 2 is 1.81 bits per heavy atom. The summed E-state index contributed by atoms with van der Waals surface area (Å²) in [6.07, 6.45) is 3.50. The van der Waals surface area contributed by atoms with Gasteiger partial charge in [0.2, 0.25) is 5.88 Å². The van der Waals surface area contributed by atoms with Crippen molar-refractivity contribution in [2.45, 2.75) is 17.9 Å². The number of sulfone groups is 1. The zero-order valence-corrected chi connectivity index (χ0v) is 25.0. The third-order valence-electron chi connectivity index (χ3n) is 5.67. The molecule has 0 saturated carbocycles. The molecule has 3 heterocycles. The molecule has 4 aromatic rings. The number of hydrogen-bond acceptors (Lipinski definition) is 13. The highest BCUT2D eigenvalue weighted by atomic mass is 32.2. The standard InChI is InChI=1S/C27H31N7O6S2/c1-34(2)14-16-39-23-11-10-21-26(31-23)41-27(30-21)32-25(35)24(33-40-18-22-28-12-4-13-29-22)19-6-8-20(9-7-19)42(36,37)17-5-15-38-3/h4,6-13H,5,14-18H2,1-3H3,(H,30,32,35). The second kappa shape index (κ2) is 14.7. The van der Waals surface area contributed by atoms with Gasteiger partial charge in [-0.15, -0.1) is 0 Å². The average molecular weight is 614 g/mol. The number of benzene rings is 1. The molecular formula is C27H31N7O6S2. The number of thiazole rings is 1. The molecule has 4 rings (SSSR count). The minimum absolute atomic E-state index is 0.0597. The molecule has 0 bridgehead atoms. The van der Waals surface area contributed by atoms with Gasteiger partial charge in [0.05, 0.1) is 10.6 Å². The molecule has 0 unspecified atom stereocenters. The van der Waals surface area contributed by atoms with E-state index >= 15 is 0 Å². The number of aromatic nitrogens is 4. The summed E-state index contributed by atoms with van der Waals surface area (Å²) in [6, 6.07) is 11.0. The predicted octanol–water partition coefficient (Wildman–Crippen LogP) is 2.79. The molecule has 0 spiro atoms. The van der Waals surface area contributed by atoms with E-state index in [1.807, 2.05) is 19.0 Å². The molecule has 42 heavy (non-hydrogen) atoms. The third-order valence-corrected chi connectivity index (χ3v) is 8.37. The minimum atomic E-state index is -3.52. The van der Waals surface area contributed by atoms with E-state index in [1.54, 1.807) is 30.6 Å². The van der Waals surface area contributed by atoms with Crippen LogP contribution in [0.2, 0.25) is 0 Å². The summed E-state index contributed by atoms with van der Waals surface area (Å²) >= 11 is 1.18. The Morgan fingerprint density at radius 3 is 2.52 bits per heavy atom. The van der Waals surface area contributed by atoms with Crippen molar-refractivity contribution in [3.63, 3.8) is 0 Å². The molecule has 1 aromatic carbocycles. The number of carbonyl (C=O) groups is 1. The zero-order chi connectivity index (χ0) is 30.0. The van der Waals surface area contributed by atoms with Crippen molar-refractivity contribution >= 4 is 48.3 Å². The van der Waals surface area contributed by atoms with Gasteiger partial charge in [0, 0.05) is 44.3 Å². The fourth-order valence-corrected chi connectivity index (χ4v) is 5.65. The van der Waals surface area contributed by atoms with E-state index in [0.29, 0.717) is 52.4 Å². The Balaban J connectivity index is 1.53. The van der Waals surface area contributed by atoms with E-state index in [9.17, 15) is 13.2 Å². The van der Waals surface area contributed by atoms with E-state index < -0.39 is 15.7 Å². The number of methoxy groups -OCH3 is 1. The number of fused-ring (bicyclic) bond motifs is 1. The molecule has 0 aliphatic rings. The van der Waals surface area contributed by atoms with E-state index in [1.165, 1.54) is 42.7 Å². The molecule has 0 aliphatic heterocycles. The maximum atomic E-state index is 13.4. The van der Waals surface area contributed by atoms with Gasteiger partial charge in [-0.1, -0.05) is 28.6 Å². The lowest BCUT2D eigenvalue weighted by molar-refractivity contribution is -0.110. The molecule has 0 fully saturated rings. The van der Waals surface area contributed by atoms with Gasteiger partial charge >= 0.3 is 0 Å². The summed E-state index contributed by atoms with van der Waals surface area (Å²) in [6.45, 7) is 1.48. The predicted molar refractivity (Wildman–Crippen MR) is 158 cm³/mol. The maximum absolute atomic E-state index is 13.4. The summed E-state index contributed by atoms with van der Waals surface area (Å²) in [5, 5.41) is 7.09. The van der Waals surface area contributed by atoms with Gasteiger partial charge in [-0.05, 0) is 44.8 Å². The maximum Gasteiger partial charge on any atom is 0.280 e. The summed E-state index contributed by atoms with van der Waals surface area (Å²) < 4.78 is 36.0. The fraction of sp³-hybridized carbons (Fsp3) is 0.333. The number of pyridine rings is 1. The third kappa shape index (κ3) is 8.72. The van der Waals surface area contributed by atoms with Crippen LogP contribution in [0.3, 0.4) is 0 Å². The second-order valence-corrected chi connectivity index (χ2v) is 12.3. The van der Waals surface area contributed by atoms with Crippen LogP contribution < -0.4 is 10.1 Å². The Bertz CT molecular complexity index is 1610. The van der Waals surface area contributed by atoms with Gasteiger partial charge in [0.1, 0.15) is 17.0 Å². The number of nitrogens with zero attached hydrogens (tertiary/aromatic N) is 6. The van der Waals surface area contributed by atoms with Crippen LogP contribution in [0.25, 0.3) is 10.3 Å². The van der Waals surface area contributed by atoms with E-state index in [2.05, 4.69) is 30.4 Å². The average Bonchev–Trinajstić information content (AvgIpc) is 3.37. The Hall–Kier alpha value is -4.05. The van der Waals surface area contributed by atoms with Gasteiger partial charge in [0.15, 0.2) is 33.1 Å². The molecule has 0 aliphatic carbocycles. The topological polar surface area (TPSA) is 158 Å². The molecule has 222 valence electrons. The lowest BCUT2D eigenvalue weighted by Gasteiger charge is -2.09. The molecular weight excluding hydrogens is 582 g/mol. The molecule has 0 radical (unpaired) electrons. The highest BCUT2D eigenvalue weighted by molar-refractivity contribution is 7.91. The number of ether oxygens (including phenoxy) is 2. The van der Waals surface area contributed by atoms with Crippen LogP contribution in [0.5, 0.6) is 5.88 Å². The van der Waals surface area contributed by atoms with E-state index in [0.717, 1.165) is 6.54 Å². The van der Waals surface area contributed by atoms with Crippen molar-refractivity contribution in [2.75, 3.05) is 52.0 Å². The van der Waals surface area contributed by atoms with Gasteiger partial charge in [0.25, 0.3) is 5.91 Å². The van der Waals surface area contributed by atoms with Gasteiger partial charge < -0.3 is 19.2 Å². The first kappa shape index (κ1) is 30.9. The van der Waals surface area contributed by atoms with Crippen LogP contribution in [0.1, 0.15) is 17.8 Å². The first-order valence-electron chi connectivity index (χ1n) is 12.9. The first-order chi connectivity index (χ1) is 20.2. The summed E-state index contributed by atoms with van der Waals surface area (Å²) in [5.41, 5.74) is 0.844. The van der Waals surface area contributed by atoms with Gasteiger partial charge in [-0.25, -0.2) is 28.4 Å². The molecule has 1 amide bonds. The van der Waals surface area contributed by atoms with Crippen LogP contribution >= 0.6 is 11.3 Å². The SMILES string of the molecule is COCCCS(=O)(=O)c1ccc(C(=NOCc2ncccn2)C(=O)Nc2nc3ccc(OCCN(C)C)nc3s2)cc1. The number of nitrogens with one attached hydrogen (secondary N) is 1. The van der Waals surface area contributed by atoms with Crippen molar-refractivity contribution in [3.8, 4) is 5.88 Å². The molecule has 13 nitrogen and oxygen atoms in total. The first-order valence-corrected chi connectivity index (χ1v) is 15.4. The van der Waals surface area contributed by atoms with Crippen molar-refractivity contribution in [1.82, 2.24) is 24.8 Å². The molecule has 15 heteroatoms. The van der Waals surface area contributed by atoms with Crippen molar-refractivity contribution in [1.29, 1.82) is 0 Å². The fourth-order valence-electron chi connectivity index (χ4n) is 3.54. The summed E-state index contributed by atoms with van der Waals surface area (Å²) in [5.74, 6) is 0.165. The Kier molecular flexibility index (Phi) is 10.8. The largest absolute Gasteiger partial charge is 0.476 e. The summed E-state index contributed by atoms with van der Waals surface area (Å²) in [7, 11) is 1.91. The van der Waals surface area contributed by atoms with Crippen LogP contribution in [-0.2, 0) is 30.8 Å². The van der Waals surface area contributed by atoms with E-state index in [4.69, 9.17) is 14.3 Å². The van der Waals surface area contributed by atoms with Crippen molar-refractivity contribution in [3.05, 3.63) is 66.2 Å². The number of hydrogen-bond donors (Lipinski definition) is 1. The monoisotopic (exact) mass is 613 g/mol. The number of likely N-dealkylation sites (N-methyl/N-ethyl adjacent to an activating group) is 1. The Morgan fingerprint density at radius 1 is 1.05 bits per heavy atom. The number of carbonyl (C=O) groups excluding carboxylic acids is 1. The van der Waals surface area contributed by atoms with Crippen LogP contribution in [0.4, 0.5) is 5.13 Å². The molecule has 1 N–H and O–H groups in total. The number of anilines is 1. The minimum Gasteiger partial charge on any atom is -0.476 e. The lowest BCUT2D eigenvalue weighted by Crippen LogP contribution is -2.24. The second-order valence-electron chi connectivity index (χ2n) is 9.17. The summed E-state index contributed by atoms with van der Waals surface area (Å²) in [4.78, 5) is 38.6. The number of rotatable bonds is 15. The molecule has 0 atom stereocenters. The zero-order valence-electron chi connectivity index (χ0n) is 23.4. The molecule has 0 saturated heterocycles. The van der Waals surface area contributed by atoms with Crippen molar-refractivity contribution in [2.24, 2.45) is 5.16 Å². The molecule has 3 aromatic heterocycles. The van der Waals surface area contributed by atoms with Gasteiger partial charge in [-0.3, -0.25) is 10.1 Å². The Labute approximate surface area is 247 Å². The van der Waals surface area contributed by atoms with Gasteiger partial charge in [-0.2, -0.15) is 0 Å². The van der Waals surface area contributed by atoms with Crippen molar-refractivity contribution < 1.29 is 27.5 Å². The number of amides is 1. The highest BCUT2D eigenvalue weighted by Gasteiger charge is 2.20. The van der Waals surface area contributed by atoms with Crippen LogP contribution in [0, 0.1) is 0 Å². The lowest BCUT2D eigenvalue weighted by atomic mass is 10.1. The normalized spacial score (nSPS) is 12.0. The quantitative estimate of drug-likeness (QED) is 0.119. The van der Waals surface area contributed by atoms with Crippen LogP contribution in [0.15, 0.2) is 64.9 Å². The highest BCUT2D eigenvalue weighted by Crippen LogP contribution is 2.26.